The van der Waals surface area contributed by atoms with E-state index in [-0.39, 0.29) is 30.6 Å². The van der Waals surface area contributed by atoms with E-state index in [1.165, 1.54) is 0 Å². The van der Waals surface area contributed by atoms with Crippen molar-refractivity contribution in [3.8, 4) is 0 Å². The van der Waals surface area contributed by atoms with E-state index >= 15 is 0 Å². The molecule has 0 amide bonds. The number of alkyl halides is 2. The first-order valence-electron chi connectivity index (χ1n) is 5.84. The van der Waals surface area contributed by atoms with Gasteiger partial charge in [-0.05, 0) is 37.0 Å². The lowest BCUT2D eigenvalue weighted by atomic mass is 9.61. The largest absolute Gasteiger partial charge is 0.465 e. The van der Waals surface area contributed by atoms with Crippen molar-refractivity contribution in [2.75, 3.05) is 0 Å². The van der Waals surface area contributed by atoms with Crippen LogP contribution in [0.2, 0.25) is 0 Å². The summed E-state index contributed by atoms with van der Waals surface area (Å²) in [5.41, 5.74) is -1.11. The Labute approximate surface area is 107 Å². The number of esters is 1. The van der Waals surface area contributed by atoms with Crippen molar-refractivity contribution in [3.63, 3.8) is 0 Å². The molecule has 108 valence electrons. The van der Waals surface area contributed by atoms with E-state index in [0.29, 0.717) is 6.42 Å². The topological polar surface area (TPSA) is 101 Å². The first-order valence-corrected chi connectivity index (χ1v) is 7.28. The number of aliphatic hydroxyl groups is 1. The van der Waals surface area contributed by atoms with Crippen LogP contribution in [0.3, 0.4) is 0 Å². The van der Waals surface area contributed by atoms with Crippen LogP contribution in [0.4, 0.5) is 8.78 Å². The fourth-order valence-electron chi connectivity index (χ4n) is 3.87. The average molecular weight is 298 g/mol. The minimum atomic E-state index is -5.83. The summed E-state index contributed by atoms with van der Waals surface area (Å²) < 4.78 is 60.2. The van der Waals surface area contributed by atoms with Gasteiger partial charge in [-0.15, -0.1) is 0 Å². The molecular formula is C10H12F2O6S. The van der Waals surface area contributed by atoms with Crippen LogP contribution in [0, 0.1) is 17.8 Å². The summed E-state index contributed by atoms with van der Waals surface area (Å²) in [5.74, 6) is -2.22. The van der Waals surface area contributed by atoms with Gasteiger partial charge in [0.2, 0.25) is 0 Å². The molecule has 0 spiro atoms. The van der Waals surface area contributed by atoms with Gasteiger partial charge in [-0.25, -0.2) is 4.79 Å². The second-order valence-corrected chi connectivity index (χ2v) is 7.12. The summed E-state index contributed by atoms with van der Waals surface area (Å²) in [6.45, 7) is 0. The minimum Gasteiger partial charge on any atom is -0.454 e. The van der Waals surface area contributed by atoms with Gasteiger partial charge < -0.3 is 9.84 Å². The molecule has 0 saturated heterocycles. The number of aliphatic hydroxyl groups excluding tert-OH is 1. The van der Waals surface area contributed by atoms with Gasteiger partial charge in [-0.3, -0.25) is 4.55 Å². The van der Waals surface area contributed by atoms with Crippen LogP contribution in [0.25, 0.3) is 0 Å². The number of hydrogen-bond acceptors (Lipinski definition) is 5. The highest BCUT2D eigenvalue weighted by Crippen LogP contribution is 2.66. The number of hydrogen-bond donors (Lipinski definition) is 2. The minimum absolute atomic E-state index is 0.0640. The molecule has 0 heterocycles. The Morgan fingerprint density at radius 2 is 1.68 bits per heavy atom. The smallest absolute Gasteiger partial charge is 0.454 e. The lowest BCUT2D eigenvalue weighted by Gasteiger charge is -2.48. The third kappa shape index (κ3) is 1.58. The molecular weight excluding hydrogens is 286 g/mol. The molecule has 19 heavy (non-hydrogen) atoms. The zero-order valence-corrected chi connectivity index (χ0v) is 10.4. The second-order valence-electron chi connectivity index (χ2n) is 5.66. The number of carbonyl (C=O) groups is 1. The Bertz CT molecular complexity index is 530. The van der Waals surface area contributed by atoms with Crippen molar-refractivity contribution in [2.24, 2.45) is 17.8 Å². The molecule has 3 aliphatic carbocycles. The molecule has 0 aliphatic heterocycles. The number of fused-ring (bicyclic) bond motifs is 1. The van der Waals surface area contributed by atoms with Crippen LogP contribution in [0.5, 0.6) is 0 Å². The van der Waals surface area contributed by atoms with E-state index in [2.05, 4.69) is 0 Å². The number of ether oxygens (including phenoxy) is 1. The summed E-state index contributed by atoms with van der Waals surface area (Å²) in [6.07, 6.45) is 0.416. The van der Waals surface area contributed by atoms with Gasteiger partial charge in [0.25, 0.3) is 0 Å². The summed E-state index contributed by atoms with van der Waals surface area (Å²) >= 11 is 0. The van der Waals surface area contributed by atoms with E-state index in [4.69, 9.17) is 9.29 Å². The molecule has 2 N–H and O–H groups in total. The van der Waals surface area contributed by atoms with Crippen molar-refractivity contribution in [2.45, 2.75) is 36.2 Å². The Kier molecular flexibility index (Phi) is 2.39. The van der Waals surface area contributed by atoms with Crippen LogP contribution < -0.4 is 0 Å². The van der Waals surface area contributed by atoms with Gasteiger partial charge >= 0.3 is 21.3 Å². The first kappa shape index (κ1) is 13.2. The fourth-order valence-corrected chi connectivity index (χ4v) is 4.12. The standard InChI is InChI=1S/C10H12F2O6S/c11-10(12,19(15,16)17)8(14)18-9-1-4-5(2-9)7(13)6(4)3-9/h4-7,13H,1-3H2,(H,15,16,17). The van der Waals surface area contributed by atoms with Gasteiger partial charge in [0.05, 0.1) is 6.10 Å². The summed E-state index contributed by atoms with van der Waals surface area (Å²) in [6, 6.07) is 0. The molecule has 0 aromatic carbocycles. The zero-order valence-electron chi connectivity index (χ0n) is 9.62. The molecule has 0 aromatic heterocycles. The summed E-state index contributed by atoms with van der Waals surface area (Å²) in [5, 5.41) is 4.68. The highest BCUT2D eigenvalue weighted by Gasteiger charge is 2.70. The number of carbonyl (C=O) groups excluding carboxylic acids is 1. The van der Waals surface area contributed by atoms with E-state index < -0.39 is 33.0 Å². The molecule has 3 saturated carbocycles. The second kappa shape index (κ2) is 3.44. The number of halogens is 2. The third-order valence-electron chi connectivity index (χ3n) is 4.67. The predicted octanol–water partition coefficient (Wildman–Crippen LogP) is 0.170. The lowest BCUT2D eigenvalue weighted by Crippen LogP contribution is -2.53. The zero-order chi connectivity index (χ0) is 14.2. The van der Waals surface area contributed by atoms with Gasteiger partial charge in [-0.2, -0.15) is 17.2 Å². The monoisotopic (exact) mass is 298 g/mol. The maximum Gasteiger partial charge on any atom is 0.465 e. The van der Waals surface area contributed by atoms with Gasteiger partial charge in [0.15, 0.2) is 0 Å². The summed E-state index contributed by atoms with van der Waals surface area (Å²) in [4.78, 5) is 11.3. The molecule has 0 aromatic rings. The van der Waals surface area contributed by atoms with Crippen molar-refractivity contribution in [1.29, 1.82) is 0 Å². The van der Waals surface area contributed by atoms with E-state index in [1.54, 1.807) is 0 Å². The fraction of sp³-hybridized carbons (Fsp3) is 0.900. The molecule has 0 radical (unpaired) electrons. The van der Waals surface area contributed by atoms with E-state index in [1.807, 2.05) is 0 Å². The molecule has 2 unspecified atom stereocenters. The molecule has 3 fully saturated rings. The molecule has 3 rings (SSSR count). The molecule has 6 nitrogen and oxygen atoms in total. The number of rotatable bonds is 3. The maximum atomic E-state index is 13.1. The van der Waals surface area contributed by atoms with Crippen molar-refractivity contribution >= 4 is 16.1 Å². The van der Waals surface area contributed by atoms with Crippen LogP contribution in [0.1, 0.15) is 19.3 Å². The van der Waals surface area contributed by atoms with E-state index in [9.17, 15) is 27.1 Å². The van der Waals surface area contributed by atoms with Crippen molar-refractivity contribution in [3.05, 3.63) is 0 Å². The highest BCUT2D eigenvalue weighted by molar-refractivity contribution is 7.87. The van der Waals surface area contributed by atoms with Crippen LogP contribution in [0.15, 0.2) is 0 Å². The lowest BCUT2D eigenvalue weighted by molar-refractivity contribution is -0.186. The predicted molar refractivity (Wildman–Crippen MR) is 55.6 cm³/mol. The Balaban J connectivity index is 1.76. The van der Waals surface area contributed by atoms with Gasteiger partial charge in [-0.1, -0.05) is 0 Å². The van der Waals surface area contributed by atoms with Crippen molar-refractivity contribution < 1.29 is 36.4 Å². The quantitative estimate of drug-likeness (QED) is 0.569. The normalized spacial score (nSPS) is 44.0. The molecule has 3 aliphatic rings. The average Bonchev–Trinajstić information content (AvgIpc) is 2.77. The van der Waals surface area contributed by atoms with Crippen LogP contribution >= 0.6 is 0 Å². The molecule has 9 heteroatoms. The Morgan fingerprint density at radius 1 is 1.21 bits per heavy atom. The van der Waals surface area contributed by atoms with Gasteiger partial charge in [0.1, 0.15) is 5.60 Å². The van der Waals surface area contributed by atoms with Gasteiger partial charge in [0, 0.05) is 0 Å². The Hall–Kier alpha value is -0.800. The Morgan fingerprint density at radius 3 is 2.11 bits per heavy atom. The van der Waals surface area contributed by atoms with Crippen LogP contribution in [-0.2, 0) is 19.6 Å². The first-order chi connectivity index (χ1) is 8.57. The van der Waals surface area contributed by atoms with Crippen molar-refractivity contribution in [1.82, 2.24) is 0 Å². The van der Waals surface area contributed by atoms with E-state index in [0.717, 1.165) is 0 Å². The maximum absolute atomic E-state index is 13.1. The summed E-state index contributed by atoms with van der Waals surface area (Å²) in [7, 11) is -5.83. The van der Waals surface area contributed by atoms with Crippen LogP contribution in [-0.4, -0.2) is 41.0 Å². The third-order valence-corrected chi connectivity index (χ3v) is 5.49. The molecule has 2 bridgehead atoms. The highest BCUT2D eigenvalue weighted by atomic mass is 32.2. The SMILES string of the molecule is O=C(OC12CC3C(O)C(C1)C3C2)C(F)(F)S(=O)(=O)O. The molecule has 2 atom stereocenters.